The highest BCUT2D eigenvalue weighted by Gasteiger charge is 2.49. The minimum absolute atomic E-state index is 0.0660. The predicted molar refractivity (Wildman–Crippen MR) is 124 cm³/mol. The second-order valence-electron chi connectivity index (χ2n) is 9.53. The Balaban J connectivity index is 1.43. The van der Waals surface area contributed by atoms with Crippen LogP contribution >= 0.6 is 0 Å². The van der Waals surface area contributed by atoms with Gasteiger partial charge >= 0.3 is 0 Å². The van der Waals surface area contributed by atoms with Crippen molar-refractivity contribution in [3.8, 4) is 5.75 Å². The number of aryl methyl sites for hydroxylation is 1. The molecule has 2 aliphatic carbocycles. The molecule has 0 saturated heterocycles. The number of ketones is 1. The fraction of sp³-hybridized carbons (Fsp3) is 0.345. The summed E-state index contributed by atoms with van der Waals surface area (Å²) in [5.74, 6) is 1.72. The van der Waals surface area contributed by atoms with Crippen molar-refractivity contribution in [3.63, 3.8) is 0 Å². The van der Waals surface area contributed by atoms with Crippen LogP contribution in [0.2, 0.25) is 0 Å². The first-order valence-electron chi connectivity index (χ1n) is 11.5. The second kappa shape index (κ2) is 8.34. The highest BCUT2D eigenvalue weighted by atomic mass is 16.5. The first kappa shape index (κ1) is 20.1. The molecule has 3 aromatic carbocycles. The molecule has 0 spiro atoms. The van der Waals surface area contributed by atoms with Gasteiger partial charge in [0.15, 0.2) is 0 Å². The molecule has 0 unspecified atom stereocenters. The van der Waals surface area contributed by atoms with E-state index in [1.807, 2.05) is 24.3 Å². The number of carbonyl (C=O) groups is 1. The molecule has 0 bridgehead atoms. The van der Waals surface area contributed by atoms with Gasteiger partial charge in [0.25, 0.3) is 0 Å². The van der Waals surface area contributed by atoms with Crippen molar-refractivity contribution >= 4 is 5.78 Å². The molecule has 0 aliphatic heterocycles. The van der Waals surface area contributed by atoms with Crippen LogP contribution in [0, 0.1) is 11.3 Å². The highest BCUT2D eigenvalue weighted by Crippen LogP contribution is 2.56. The Morgan fingerprint density at radius 1 is 0.871 bits per heavy atom. The highest BCUT2D eigenvalue weighted by molar-refractivity contribution is 5.84. The summed E-state index contributed by atoms with van der Waals surface area (Å²) >= 11 is 0. The molecule has 0 radical (unpaired) electrons. The third-order valence-electron chi connectivity index (χ3n) is 7.47. The Hall–Kier alpha value is -2.87. The normalized spacial score (nSPS) is 24.9. The van der Waals surface area contributed by atoms with Crippen LogP contribution < -0.4 is 4.74 Å². The fourth-order valence-electron chi connectivity index (χ4n) is 5.75. The molecular weight excluding hydrogens is 380 g/mol. The fourth-order valence-corrected chi connectivity index (χ4v) is 5.75. The SMILES string of the molecule is C[C@]12CCC(=O)[C@@H](Cc3ccccc3)[C@@H]1c1ccc(OCc3ccccc3)cc1CC2. The monoisotopic (exact) mass is 410 g/mol. The van der Waals surface area contributed by atoms with Crippen LogP contribution in [-0.4, -0.2) is 5.78 Å². The Morgan fingerprint density at radius 3 is 2.29 bits per heavy atom. The van der Waals surface area contributed by atoms with Gasteiger partial charge in [0.2, 0.25) is 0 Å². The Kier molecular flexibility index (Phi) is 5.40. The minimum Gasteiger partial charge on any atom is -0.489 e. The summed E-state index contributed by atoms with van der Waals surface area (Å²) < 4.78 is 6.10. The summed E-state index contributed by atoms with van der Waals surface area (Å²) in [6.45, 7) is 2.99. The van der Waals surface area contributed by atoms with E-state index in [4.69, 9.17) is 4.74 Å². The average Bonchev–Trinajstić information content (AvgIpc) is 2.81. The lowest BCUT2D eigenvalue weighted by Gasteiger charge is -2.49. The summed E-state index contributed by atoms with van der Waals surface area (Å²) in [6.07, 6.45) is 4.78. The van der Waals surface area contributed by atoms with Gasteiger partial charge in [-0.25, -0.2) is 0 Å². The Labute approximate surface area is 185 Å². The van der Waals surface area contributed by atoms with Gasteiger partial charge in [0.1, 0.15) is 18.1 Å². The zero-order chi connectivity index (χ0) is 21.3. The quantitative estimate of drug-likeness (QED) is 0.478. The van der Waals surface area contributed by atoms with Gasteiger partial charge in [-0.1, -0.05) is 73.7 Å². The lowest BCUT2D eigenvalue weighted by molar-refractivity contribution is -0.129. The molecule has 1 saturated carbocycles. The van der Waals surface area contributed by atoms with E-state index < -0.39 is 0 Å². The van der Waals surface area contributed by atoms with E-state index in [2.05, 4.69) is 61.5 Å². The average molecular weight is 411 g/mol. The number of hydrogen-bond acceptors (Lipinski definition) is 2. The third kappa shape index (κ3) is 4.04. The molecule has 2 heteroatoms. The number of benzene rings is 3. The van der Waals surface area contributed by atoms with E-state index in [0.29, 0.717) is 18.3 Å². The van der Waals surface area contributed by atoms with E-state index in [-0.39, 0.29) is 11.3 Å². The van der Waals surface area contributed by atoms with Crippen LogP contribution in [-0.2, 0) is 24.2 Å². The van der Waals surface area contributed by atoms with E-state index in [1.54, 1.807) is 0 Å². The molecule has 31 heavy (non-hydrogen) atoms. The van der Waals surface area contributed by atoms with Gasteiger partial charge in [-0.15, -0.1) is 0 Å². The summed E-state index contributed by atoms with van der Waals surface area (Å²) in [4.78, 5) is 13.1. The van der Waals surface area contributed by atoms with Gasteiger partial charge in [0, 0.05) is 12.3 Å². The Bertz CT molecular complexity index is 1060. The van der Waals surface area contributed by atoms with Crippen molar-refractivity contribution in [2.24, 2.45) is 11.3 Å². The number of ether oxygens (including phenoxy) is 1. The smallest absolute Gasteiger partial charge is 0.136 e. The molecule has 2 nitrogen and oxygen atoms in total. The Morgan fingerprint density at radius 2 is 1.55 bits per heavy atom. The molecule has 0 aromatic heterocycles. The van der Waals surface area contributed by atoms with Crippen LogP contribution in [0.3, 0.4) is 0 Å². The zero-order valence-electron chi connectivity index (χ0n) is 18.2. The van der Waals surface area contributed by atoms with Crippen molar-refractivity contribution in [1.82, 2.24) is 0 Å². The minimum atomic E-state index is 0.0660. The van der Waals surface area contributed by atoms with Crippen molar-refractivity contribution in [2.45, 2.75) is 51.6 Å². The lowest BCUT2D eigenvalue weighted by atomic mass is 9.54. The maximum atomic E-state index is 13.1. The summed E-state index contributed by atoms with van der Waals surface area (Å²) in [5.41, 5.74) is 5.37. The molecule has 3 atom stereocenters. The first-order valence-corrected chi connectivity index (χ1v) is 11.5. The van der Waals surface area contributed by atoms with Crippen LogP contribution in [0.15, 0.2) is 78.9 Å². The van der Waals surface area contributed by atoms with Crippen LogP contribution in [0.4, 0.5) is 0 Å². The largest absolute Gasteiger partial charge is 0.489 e. The first-order chi connectivity index (χ1) is 15.1. The maximum absolute atomic E-state index is 13.1. The molecule has 0 amide bonds. The van der Waals surface area contributed by atoms with Gasteiger partial charge in [-0.05, 0) is 71.4 Å². The molecule has 0 N–H and O–H groups in total. The predicted octanol–water partition coefficient (Wildman–Crippen LogP) is 6.52. The summed E-state index contributed by atoms with van der Waals surface area (Å²) in [5, 5.41) is 0. The molecule has 2 aliphatic rings. The second-order valence-corrected chi connectivity index (χ2v) is 9.53. The van der Waals surface area contributed by atoms with Crippen molar-refractivity contribution in [1.29, 1.82) is 0 Å². The van der Waals surface area contributed by atoms with E-state index in [1.165, 1.54) is 22.3 Å². The van der Waals surface area contributed by atoms with Gasteiger partial charge < -0.3 is 4.74 Å². The zero-order valence-corrected chi connectivity index (χ0v) is 18.2. The third-order valence-corrected chi connectivity index (χ3v) is 7.47. The lowest BCUT2D eigenvalue weighted by Crippen LogP contribution is -2.44. The van der Waals surface area contributed by atoms with Crippen LogP contribution in [0.5, 0.6) is 5.75 Å². The maximum Gasteiger partial charge on any atom is 0.136 e. The van der Waals surface area contributed by atoms with Gasteiger partial charge in [0.05, 0.1) is 0 Å². The van der Waals surface area contributed by atoms with Crippen molar-refractivity contribution in [3.05, 3.63) is 101 Å². The molecular formula is C29H30O2. The van der Waals surface area contributed by atoms with Gasteiger partial charge in [-0.3, -0.25) is 4.79 Å². The van der Waals surface area contributed by atoms with Crippen molar-refractivity contribution < 1.29 is 9.53 Å². The van der Waals surface area contributed by atoms with Gasteiger partial charge in [-0.2, -0.15) is 0 Å². The number of carbonyl (C=O) groups excluding carboxylic acids is 1. The van der Waals surface area contributed by atoms with Crippen LogP contribution in [0.25, 0.3) is 0 Å². The molecule has 3 aromatic rings. The van der Waals surface area contributed by atoms with Crippen molar-refractivity contribution in [2.75, 3.05) is 0 Å². The summed E-state index contributed by atoms with van der Waals surface area (Å²) in [6, 6.07) is 27.4. The van der Waals surface area contributed by atoms with Crippen LogP contribution in [0.1, 0.15) is 54.4 Å². The number of hydrogen-bond donors (Lipinski definition) is 0. The molecule has 0 heterocycles. The number of fused-ring (bicyclic) bond motifs is 3. The van der Waals surface area contributed by atoms with E-state index in [9.17, 15) is 4.79 Å². The molecule has 158 valence electrons. The molecule has 1 fully saturated rings. The van der Waals surface area contributed by atoms with E-state index >= 15 is 0 Å². The standard InChI is InChI=1S/C29H30O2/c1-29-16-14-23-19-24(31-20-22-10-6-3-7-11-22)12-13-25(23)28(29)26(27(30)15-17-29)18-21-8-4-2-5-9-21/h2-13,19,26,28H,14-18,20H2,1H3/t26-,28+,29+/m1/s1. The summed E-state index contributed by atoms with van der Waals surface area (Å²) in [7, 11) is 0. The molecule has 5 rings (SSSR count). The number of rotatable bonds is 5. The van der Waals surface area contributed by atoms with E-state index in [0.717, 1.165) is 37.9 Å². The topological polar surface area (TPSA) is 26.3 Å². The number of Topliss-reactive ketones (excluding diaryl/α,β-unsaturated/α-hetero) is 1.